The van der Waals surface area contributed by atoms with Crippen molar-refractivity contribution < 1.29 is 0 Å². The molecule has 2 heterocycles. The van der Waals surface area contributed by atoms with Crippen molar-refractivity contribution in [1.82, 2.24) is 10.2 Å². The molecule has 2 aliphatic rings. The Morgan fingerprint density at radius 1 is 1.70 bits per heavy atom. The smallest absolute Gasteiger partial charge is 0.0993 e. The second kappa shape index (κ2) is 2.32. The van der Waals surface area contributed by atoms with Crippen molar-refractivity contribution in [2.24, 2.45) is 4.99 Å². The molecule has 0 amide bonds. The number of fused-ring (bicyclic) bond motifs is 1. The Bertz CT molecular complexity index is 155. The van der Waals surface area contributed by atoms with Crippen molar-refractivity contribution in [1.29, 1.82) is 0 Å². The first-order valence-electron chi connectivity index (χ1n) is 3.88. The first-order chi connectivity index (χ1) is 4.88. The molecule has 2 unspecified atom stereocenters. The highest BCUT2D eigenvalue weighted by atomic mass is 15.3. The Morgan fingerprint density at radius 2 is 2.60 bits per heavy atom. The van der Waals surface area contributed by atoms with Crippen molar-refractivity contribution in [3.63, 3.8) is 0 Å². The monoisotopic (exact) mass is 139 g/mol. The molecule has 2 rings (SSSR count). The molecule has 0 saturated carbocycles. The Labute approximate surface area is 61.1 Å². The van der Waals surface area contributed by atoms with Gasteiger partial charge in [0.2, 0.25) is 0 Å². The molecule has 0 bridgehead atoms. The van der Waals surface area contributed by atoms with Gasteiger partial charge in [-0.2, -0.15) is 0 Å². The van der Waals surface area contributed by atoms with Crippen molar-refractivity contribution in [3.8, 4) is 0 Å². The summed E-state index contributed by atoms with van der Waals surface area (Å²) >= 11 is 0. The van der Waals surface area contributed by atoms with Crippen LogP contribution in [-0.4, -0.2) is 43.0 Å². The molecule has 0 radical (unpaired) electrons. The van der Waals surface area contributed by atoms with E-state index in [4.69, 9.17) is 0 Å². The summed E-state index contributed by atoms with van der Waals surface area (Å²) in [6.07, 6.45) is 2.49. The van der Waals surface area contributed by atoms with Gasteiger partial charge in [-0.25, -0.2) is 0 Å². The molecule has 0 aliphatic carbocycles. The van der Waals surface area contributed by atoms with Crippen LogP contribution in [0.15, 0.2) is 4.99 Å². The lowest BCUT2D eigenvalue weighted by Crippen LogP contribution is -2.51. The third kappa shape index (κ3) is 0.859. The van der Waals surface area contributed by atoms with Gasteiger partial charge >= 0.3 is 0 Å². The minimum Gasteiger partial charge on any atom is -0.314 e. The van der Waals surface area contributed by atoms with Crippen molar-refractivity contribution >= 4 is 6.21 Å². The lowest BCUT2D eigenvalue weighted by molar-refractivity contribution is 0.179. The average Bonchev–Trinajstić information content (AvgIpc) is 2.34. The maximum Gasteiger partial charge on any atom is 0.0993 e. The predicted molar refractivity (Wildman–Crippen MR) is 41.3 cm³/mol. The van der Waals surface area contributed by atoms with Crippen LogP contribution < -0.4 is 5.32 Å². The van der Waals surface area contributed by atoms with Crippen LogP contribution >= 0.6 is 0 Å². The van der Waals surface area contributed by atoms with Crippen molar-refractivity contribution in [3.05, 3.63) is 0 Å². The van der Waals surface area contributed by atoms with Crippen molar-refractivity contribution in [2.75, 3.05) is 19.6 Å². The van der Waals surface area contributed by atoms with E-state index >= 15 is 0 Å². The van der Waals surface area contributed by atoms with Gasteiger partial charge in [-0.1, -0.05) is 0 Å². The summed E-state index contributed by atoms with van der Waals surface area (Å²) in [5, 5.41) is 3.34. The fraction of sp³-hybridized carbons (Fsp3) is 0.857. The highest BCUT2D eigenvalue weighted by molar-refractivity contribution is 5.67. The topological polar surface area (TPSA) is 27.6 Å². The third-order valence-corrected chi connectivity index (χ3v) is 2.28. The SMILES string of the molecule is CC1N=CC2CNCCN21. The number of hydrogen-bond acceptors (Lipinski definition) is 3. The summed E-state index contributed by atoms with van der Waals surface area (Å²) in [6.45, 7) is 5.49. The molecule has 2 atom stereocenters. The van der Waals surface area contributed by atoms with Crippen LogP contribution in [0.25, 0.3) is 0 Å². The van der Waals surface area contributed by atoms with Crippen molar-refractivity contribution in [2.45, 2.75) is 19.1 Å². The second-order valence-corrected chi connectivity index (χ2v) is 2.94. The van der Waals surface area contributed by atoms with Gasteiger partial charge < -0.3 is 5.32 Å². The summed E-state index contributed by atoms with van der Waals surface area (Å²) in [7, 11) is 0. The van der Waals surface area contributed by atoms with Gasteiger partial charge in [0.05, 0.1) is 12.2 Å². The van der Waals surface area contributed by atoms with E-state index in [1.807, 2.05) is 0 Å². The van der Waals surface area contributed by atoms with E-state index in [1.54, 1.807) is 0 Å². The van der Waals surface area contributed by atoms with Gasteiger partial charge in [0.1, 0.15) is 0 Å². The number of nitrogens with zero attached hydrogens (tertiary/aromatic N) is 2. The Hall–Kier alpha value is -0.410. The molecule has 1 fully saturated rings. The third-order valence-electron chi connectivity index (χ3n) is 2.28. The maximum absolute atomic E-state index is 4.34. The number of hydrogen-bond donors (Lipinski definition) is 1. The molecule has 2 aliphatic heterocycles. The minimum atomic E-state index is 0.423. The molecule has 1 saturated heterocycles. The number of rotatable bonds is 0. The molecule has 0 aromatic carbocycles. The predicted octanol–water partition coefficient (Wildman–Crippen LogP) is -0.309. The number of piperazine rings is 1. The summed E-state index contributed by atoms with van der Waals surface area (Å²) in [6, 6.07) is 0.573. The molecule has 0 aromatic rings. The van der Waals surface area contributed by atoms with Gasteiger partial charge in [0.15, 0.2) is 0 Å². The minimum absolute atomic E-state index is 0.423. The van der Waals surface area contributed by atoms with Crippen LogP contribution in [0.5, 0.6) is 0 Å². The second-order valence-electron chi connectivity index (χ2n) is 2.94. The van der Waals surface area contributed by atoms with Gasteiger partial charge in [-0.15, -0.1) is 0 Å². The van der Waals surface area contributed by atoms with Gasteiger partial charge in [-0.05, 0) is 6.92 Å². The lowest BCUT2D eigenvalue weighted by atomic mass is 10.2. The molecule has 3 heteroatoms. The van der Waals surface area contributed by atoms with Gasteiger partial charge in [0.25, 0.3) is 0 Å². The first-order valence-corrected chi connectivity index (χ1v) is 3.88. The van der Waals surface area contributed by atoms with Gasteiger partial charge in [-0.3, -0.25) is 9.89 Å². The van der Waals surface area contributed by atoms with Gasteiger partial charge in [0, 0.05) is 25.8 Å². The van der Waals surface area contributed by atoms with E-state index in [9.17, 15) is 0 Å². The molecule has 10 heavy (non-hydrogen) atoms. The van der Waals surface area contributed by atoms with E-state index < -0.39 is 0 Å². The maximum atomic E-state index is 4.34. The molecular weight excluding hydrogens is 126 g/mol. The van der Waals surface area contributed by atoms with Crippen LogP contribution in [0.1, 0.15) is 6.92 Å². The zero-order valence-corrected chi connectivity index (χ0v) is 6.25. The summed E-state index contributed by atoms with van der Waals surface area (Å²) in [4.78, 5) is 6.77. The quantitative estimate of drug-likeness (QED) is 0.498. The van der Waals surface area contributed by atoms with Crippen LogP contribution in [0.4, 0.5) is 0 Å². The van der Waals surface area contributed by atoms with E-state index in [2.05, 4.69) is 28.3 Å². The molecule has 3 nitrogen and oxygen atoms in total. The fourth-order valence-corrected chi connectivity index (χ4v) is 1.65. The molecular formula is C7H13N3. The van der Waals surface area contributed by atoms with Crippen LogP contribution in [0.3, 0.4) is 0 Å². The molecule has 0 spiro atoms. The van der Waals surface area contributed by atoms with E-state index in [0.29, 0.717) is 12.2 Å². The molecule has 1 N–H and O–H groups in total. The van der Waals surface area contributed by atoms with Crippen LogP contribution in [0.2, 0.25) is 0 Å². The van der Waals surface area contributed by atoms with E-state index in [1.165, 1.54) is 0 Å². The summed E-state index contributed by atoms with van der Waals surface area (Å²) in [5.74, 6) is 0. The molecule has 0 aromatic heterocycles. The number of nitrogens with one attached hydrogen (secondary N) is 1. The zero-order chi connectivity index (χ0) is 6.97. The van der Waals surface area contributed by atoms with E-state index in [0.717, 1.165) is 19.6 Å². The standard InChI is InChI=1S/C7H13N3/c1-6-9-5-7-4-8-2-3-10(6)7/h5-8H,2-4H2,1H3. The highest BCUT2D eigenvalue weighted by Crippen LogP contribution is 2.13. The summed E-state index contributed by atoms with van der Waals surface area (Å²) in [5.41, 5.74) is 0. The average molecular weight is 139 g/mol. The largest absolute Gasteiger partial charge is 0.314 e. The highest BCUT2D eigenvalue weighted by Gasteiger charge is 2.28. The normalized spacial score (nSPS) is 40.1. The zero-order valence-electron chi connectivity index (χ0n) is 6.25. The van der Waals surface area contributed by atoms with Crippen LogP contribution in [-0.2, 0) is 0 Å². The molecule has 56 valence electrons. The summed E-state index contributed by atoms with van der Waals surface area (Å²) < 4.78 is 0. The number of aliphatic imine (C=N–C) groups is 1. The van der Waals surface area contributed by atoms with E-state index in [-0.39, 0.29) is 0 Å². The Kier molecular flexibility index (Phi) is 1.47. The first kappa shape index (κ1) is 6.31. The fourth-order valence-electron chi connectivity index (χ4n) is 1.65. The lowest BCUT2D eigenvalue weighted by Gasteiger charge is -2.31. The Balaban J connectivity index is 2.07. The Morgan fingerprint density at radius 3 is 3.40 bits per heavy atom. The van der Waals surface area contributed by atoms with Crippen LogP contribution in [0, 0.1) is 0 Å².